The van der Waals surface area contributed by atoms with Gasteiger partial charge in [0.05, 0.1) is 43.4 Å². The quantitative estimate of drug-likeness (QED) is 0.382. The van der Waals surface area contributed by atoms with E-state index >= 15 is 0 Å². The minimum Gasteiger partial charge on any atom is -0.474 e. The first-order valence-corrected chi connectivity index (χ1v) is 13.7. The van der Waals surface area contributed by atoms with Gasteiger partial charge in [-0.1, -0.05) is 17.3 Å². The molecule has 2 aliphatic heterocycles. The van der Waals surface area contributed by atoms with E-state index in [1.165, 1.54) is 0 Å². The van der Waals surface area contributed by atoms with Gasteiger partial charge in [0.1, 0.15) is 17.9 Å². The normalized spacial score (nSPS) is 14.6. The fraction of sp³-hybridized carbons (Fsp3) is 0.379. The van der Waals surface area contributed by atoms with Crippen molar-refractivity contribution in [3.63, 3.8) is 0 Å². The number of benzene rings is 1. The molecular weight excluding hydrogens is 522 g/mol. The van der Waals surface area contributed by atoms with Crippen LogP contribution in [0.3, 0.4) is 0 Å². The Balaban J connectivity index is 1.19. The summed E-state index contributed by atoms with van der Waals surface area (Å²) >= 11 is 0. The van der Waals surface area contributed by atoms with Gasteiger partial charge in [-0.25, -0.2) is 24.4 Å². The van der Waals surface area contributed by atoms with Crippen molar-refractivity contribution < 1.29 is 14.3 Å². The van der Waals surface area contributed by atoms with E-state index in [9.17, 15) is 4.79 Å². The smallest absolute Gasteiger partial charge is 0.415 e. The summed E-state index contributed by atoms with van der Waals surface area (Å²) < 4.78 is 13.3. The molecule has 0 aliphatic carbocycles. The highest BCUT2D eigenvalue weighted by atomic mass is 16.6. The molecule has 0 saturated heterocycles. The number of ether oxygens (including phenoxy) is 2. The molecule has 212 valence electrons. The van der Waals surface area contributed by atoms with Crippen LogP contribution in [-0.4, -0.2) is 61.3 Å². The molecule has 6 rings (SSSR count). The van der Waals surface area contributed by atoms with Crippen molar-refractivity contribution in [2.45, 2.75) is 52.8 Å². The molecule has 4 aromatic rings. The van der Waals surface area contributed by atoms with Gasteiger partial charge in [-0.15, -0.1) is 5.10 Å². The topological polar surface area (TPSA) is 123 Å². The third kappa shape index (κ3) is 5.76. The second-order valence-electron chi connectivity index (χ2n) is 11.2. The van der Waals surface area contributed by atoms with Crippen LogP contribution in [0.5, 0.6) is 5.88 Å². The minimum absolute atomic E-state index is 0.367. The van der Waals surface area contributed by atoms with Crippen molar-refractivity contribution in [3.05, 3.63) is 71.4 Å². The lowest BCUT2D eigenvalue weighted by Gasteiger charge is -2.35. The Morgan fingerprint density at radius 3 is 2.71 bits per heavy atom. The van der Waals surface area contributed by atoms with Crippen LogP contribution in [0.4, 0.5) is 27.8 Å². The lowest BCUT2D eigenvalue weighted by molar-refractivity contribution is 0.0566. The van der Waals surface area contributed by atoms with E-state index in [1.54, 1.807) is 15.8 Å². The number of fused-ring (bicyclic) bond motifs is 2. The van der Waals surface area contributed by atoms with E-state index in [2.05, 4.69) is 30.5 Å². The van der Waals surface area contributed by atoms with E-state index in [0.29, 0.717) is 43.8 Å². The van der Waals surface area contributed by atoms with Crippen molar-refractivity contribution in [2.75, 3.05) is 34.8 Å². The van der Waals surface area contributed by atoms with Crippen molar-refractivity contribution in [1.82, 2.24) is 29.9 Å². The minimum atomic E-state index is -0.601. The molecule has 12 heteroatoms. The first kappa shape index (κ1) is 26.5. The van der Waals surface area contributed by atoms with Gasteiger partial charge in [0, 0.05) is 30.2 Å². The van der Waals surface area contributed by atoms with Gasteiger partial charge in [0.25, 0.3) is 0 Å². The molecule has 0 bridgehead atoms. The van der Waals surface area contributed by atoms with E-state index in [0.717, 1.165) is 46.7 Å². The van der Waals surface area contributed by atoms with E-state index in [4.69, 9.17) is 14.5 Å². The van der Waals surface area contributed by atoms with Gasteiger partial charge in [-0.3, -0.25) is 4.90 Å². The van der Waals surface area contributed by atoms with Gasteiger partial charge < -0.3 is 19.7 Å². The van der Waals surface area contributed by atoms with Gasteiger partial charge in [0.15, 0.2) is 0 Å². The van der Waals surface area contributed by atoms with Gasteiger partial charge >= 0.3 is 6.09 Å². The second-order valence-corrected chi connectivity index (χ2v) is 11.2. The Hall–Kier alpha value is -4.74. The van der Waals surface area contributed by atoms with Crippen molar-refractivity contribution >= 4 is 29.1 Å². The molecule has 0 fully saturated rings. The predicted octanol–water partition coefficient (Wildman–Crippen LogP) is 4.26. The number of anilines is 4. The van der Waals surface area contributed by atoms with E-state index in [1.807, 2.05) is 70.6 Å². The van der Waals surface area contributed by atoms with Crippen LogP contribution < -0.4 is 19.9 Å². The first-order valence-electron chi connectivity index (χ1n) is 13.7. The molecule has 3 aromatic heterocycles. The van der Waals surface area contributed by atoms with Gasteiger partial charge in [0.2, 0.25) is 11.8 Å². The molecule has 1 amide bonds. The summed E-state index contributed by atoms with van der Waals surface area (Å²) in [5.74, 6) is 0.987. The summed E-state index contributed by atoms with van der Waals surface area (Å²) in [4.78, 5) is 30.9. The Bertz CT molecular complexity index is 1550. The highest BCUT2D eigenvalue weighted by Gasteiger charge is 2.32. The summed E-state index contributed by atoms with van der Waals surface area (Å²) in [6.45, 7) is 10.4. The number of hydrogen-bond acceptors (Lipinski definition) is 10. The molecule has 0 unspecified atom stereocenters. The Kier molecular flexibility index (Phi) is 6.90. The highest BCUT2D eigenvalue weighted by molar-refractivity contribution is 5.92. The molecule has 0 atom stereocenters. The van der Waals surface area contributed by atoms with Crippen LogP contribution in [0, 0.1) is 6.92 Å². The molecule has 2 aliphatic rings. The zero-order valence-corrected chi connectivity index (χ0v) is 23.7. The standard InChI is InChI=1S/C29H33N9O3/c1-19-24(16-30-26-25(19)38(13-14-40-26)28(39)41-29(2,3)4)36-11-9-21-15-31-27(34-23(21)18-36)33-22-7-5-20(6-8-22)17-37-12-10-32-35-37/h5-8,10,12,15-16H,9,11,13-14,17-18H2,1-4H3,(H,31,33,34). The molecule has 41 heavy (non-hydrogen) atoms. The number of amides is 1. The molecule has 0 saturated carbocycles. The fourth-order valence-corrected chi connectivity index (χ4v) is 5.04. The molecule has 5 heterocycles. The number of hydrogen-bond donors (Lipinski definition) is 1. The summed E-state index contributed by atoms with van der Waals surface area (Å²) in [6.07, 6.45) is 7.62. The van der Waals surface area contributed by atoms with E-state index in [-0.39, 0.29) is 0 Å². The monoisotopic (exact) mass is 555 g/mol. The average Bonchev–Trinajstić information content (AvgIpc) is 3.46. The number of rotatable bonds is 5. The van der Waals surface area contributed by atoms with Crippen molar-refractivity contribution in [3.8, 4) is 5.88 Å². The number of nitrogens with one attached hydrogen (secondary N) is 1. The van der Waals surface area contributed by atoms with Crippen LogP contribution in [-0.2, 0) is 24.2 Å². The number of nitrogens with zero attached hydrogens (tertiary/aromatic N) is 8. The number of carbonyl (C=O) groups excluding carboxylic acids is 1. The molecule has 1 N–H and O–H groups in total. The predicted molar refractivity (Wildman–Crippen MR) is 154 cm³/mol. The van der Waals surface area contributed by atoms with Crippen LogP contribution in [0.1, 0.15) is 43.2 Å². The zero-order valence-electron chi connectivity index (χ0n) is 23.7. The van der Waals surface area contributed by atoms with Crippen molar-refractivity contribution in [1.29, 1.82) is 0 Å². The second kappa shape index (κ2) is 10.7. The summed E-state index contributed by atoms with van der Waals surface area (Å²) in [7, 11) is 0. The fourth-order valence-electron chi connectivity index (χ4n) is 5.04. The van der Waals surface area contributed by atoms with Crippen LogP contribution in [0.25, 0.3) is 0 Å². The molecule has 12 nitrogen and oxygen atoms in total. The molecule has 0 spiro atoms. The Morgan fingerprint density at radius 2 is 1.95 bits per heavy atom. The number of aromatic nitrogens is 6. The van der Waals surface area contributed by atoms with Gasteiger partial charge in [-0.2, -0.15) is 0 Å². The average molecular weight is 556 g/mol. The van der Waals surface area contributed by atoms with Crippen LogP contribution in [0.2, 0.25) is 0 Å². The molecule has 0 radical (unpaired) electrons. The highest BCUT2D eigenvalue weighted by Crippen LogP contribution is 2.39. The lowest BCUT2D eigenvalue weighted by Crippen LogP contribution is -2.42. The maximum absolute atomic E-state index is 13.0. The third-order valence-electron chi connectivity index (χ3n) is 7.00. The summed E-state index contributed by atoms with van der Waals surface area (Å²) in [5, 5.41) is 11.2. The Labute approximate surface area is 238 Å². The SMILES string of the molecule is Cc1c(N2CCc3cnc(Nc4ccc(Cn5ccnn5)cc4)nc3C2)cnc2c1N(C(=O)OC(C)(C)C)CCO2. The molecular formula is C29H33N9O3. The zero-order chi connectivity index (χ0) is 28.6. The summed E-state index contributed by atoms with van der Waals surface area (Å²) in [6, 6.07) is 8.09. The van der Waals surface area contributed by atoms with Crippen LogP contribution >= 0.6 is 0 Å². The molecule has 1 aromatic carbocycles. The third-order valence-corrected chi connectivity index (χ3v) is 7.00. The maximum Gasteiger partial charge on any atom is 0.415 e. The summed E-state index contributed by atoms with van der Waals surface area (Å²) in [5.41, 5.74) is 6.00. The van der Waals surface area contributed by atoms with Gasteiger partial charge in [-0.05, 0) is 57.4 Å². The number of pyridine rings is 1. The van der Waals surface area contributed by atoms with Crippen LogP contribution in [0.15, 0.2) is 49.1 Å². The lowest BCUT2D eigenvalue weighted by atomic mass is 10.0. The Morgan fingerprint density at radius 1 is 1.12 bits per heavy atom. The van der Waals surface area contributed by atoms with Crippen molar-refractivity contribution in [2.24, 2.45) is 0 Å². The maximum atomic E-state index is 13.0. The van der Waals surface area contributed by atoms with E-state index < -0.39 is 11.7 Å². The number of carbonyl (C=O) groups is 1. The largest absolute Gasteiger partial charge is 0.474 e. The first-order chi connectivity index (χ1) is 19.7.